The summed E-state index contributed by atoms with van der Waals surface area (Å²) in [7, 11) is 2.37. The Bertz CT molecular complexity index is 546. The molecule has 0 amide bonds. The van der Waals surface area contributed by atoms with Crippen LogP contribution in [0.4, 0.5) is 0 Å². The van der Waals surface area contributed by atoms with Crippen molar-refractivity contribution in [3.8, 4) is 0 Å². The zero-order valence-electron chi connectivity index (χ0n) is 15.0. The summed E-state index contributed by atoms with van der Waals surface area (Å²) in [5.41, 5.74) is 0.223. The van der Waals surface area contributed by atoms with E-state index in [9.17, 15) is 5.11 Å². The molecule has 5 rings (SSSR count). The number of rotatable bonds is 5. The molecule has 3 saturated heterocycles. The van der Waals surface area contributed by atoms with Crippen LogP contribution in [0, 0.1) is 11.8 Å². The smallest absolute Gasteiger partial charge is 0.116 e. The highest BCUT2D eigenvalue weighted by Gasteiger charge is 2.46. The summed E-state index contributed by atoms with van der Waals surface area (Å²) in [4.78, 5) is 0. The van der Waals surface area contributed by atoms with Gasteiger partial charge in [0.1, 0.15) is 18.2 Å². The third kappa shape index (κ3) is 3.02. The van der Waals surface area contributed by atoms with Gasteiger partial charge in [0, 0.05) is 18.8 Å². The lowest BCUT2D eigenvalue weighted by molar-refractivity contribution is -0.928. The second-order valence-electron chi connectivity index (χ2n) is 8.71. The average Bonchev–Trinajstić information content (AvgIpc) is 3.16. The van der Waals surface area contributed by atoms with Gasteiger partial charge in [0.05, 0.1) is 26.7 Å². The number of benzene rings is 1. The Labute approximate surface area is 146 Å². The van der Waals surface area contributed by atoms with Gasteiger partial charge in [-0.1, -0.05) is 43.2 Å². The Balaban J connectivity index is 1.50. The molecule has 1 aromatic carbocycles. The molecule has 3 aliphatic heterocycles. The zero-order chi connectivity index (χ0) is 16.6. The number of likely N-dealkylation sites (N-methyl/N-ethyl adjacent to an activating group) is 1. The molecule has 2 atom stereocenters. The minimum absolute atomic E-state index is 0.328. The molecular weight excluding hydrogens is 298 g/mol. The number of piperidine rings is 3. The molecule has 0 unspecified atom stereocenters. The largest absolute Gasteiger partial charge is 0.382 e. The van der Waals surface area contributed by atoms with Crippen LogP contribution in [-0.4, -0.2) is 49.0 Å². The normalized spacial score (nSPS) is 35.9. The molecule has 1 aromatic rings. The monoisotopic (exact) mass is 330 g/mol. The summed E-state index contributed by atoms with van der Waals surface area (Å²) in [6.45, 7) is 4.19. The summed E-state index contributed by atoms with van der Waals surface area (Å²) in [5, 5.41) is 11.6. The maximum absolute atomic E-state index is 11.6. The van der Waals surface area contributed by atoms with E-state index in [1.165, 1.54) is 38.8 Å². The SMILES string of the molecule is C[N+]12CCC(CC1)[C@@H](OC[C@@](O)(c1ccccc1)C1CCCC1)C2. The van der Waals surface area contributed by atoms with Gasteiger partial charge in [0.2, 0.25) is 0 Å². The third-order valence-corrected chi connectivity index (χ3v) is 7.05. The third-order valence-electron chi connectivity index (χ3n) is 7.05. The lowest BCUT2D eigenvalue weighted by atomic mass is 9.80. The fraction of sp³-hybridized carbons (Fsp3) is 0.714. The Morgan fingerprint density at radius 1 is 1.08 bits per heavy atom. The molecule has 132 valence electrons. The van der Waals surface area contributed by atoms with Crippen molar-refractivity contribution in [3.63, 3.8) is 0 Å². The molecule has 3 nitrogen and oxygen atoms in total. The lowest BCUT2D eigenvalue weighted by Crippen LogP contribution is -2.62. The fourth-order valence-corrected chi connectivity index (χ4v) is 5.34. The topological polar surface area (TPSA) is 29.5 Å². The highest BCUT2D eigenvalue weighted by atomic mass is 16.5. The van der Waals surface area contributed by atoms with E-state index in [2.05, 4.69) is 19.2 Å². The molecule has 4 fully saturated rings. The van der Waals surface area contributed by atoms with Crippen molar-refractivity contribution in [2.45, 2.75) is 50.2 Å². The van der Waals surface area contributed by atoms with Crippen molar-refractivity contribution in [2.75, 3.05) is 33.3 Å². The Kier molecular flexibility index (Phi) is 4.44. The summed E-state index contributed by atoms with van der Waals surface area (Å²) < 4.78 is 7.61. The maximum atomic E-state index is 11.6. The van der Waals surface area contributed by atoms with E-state index in [0.29, 0.717) is 24.5 Å². The van der Waals surface area contributed by atoms with Gasteiger partial charge in [0.15, 0.2) is 0 Å². The molecule has 4 aliphatic rings. The van der Waals surface area contributed by atoms with Crippen molar-refractivity contribution in [3.05, 3.63) is 35.9 Å². The predicted octanol–water partition coefficient (Wildman–Crippen LogP) is 3.32. The van der Waals surface area contributed by atoms with Crippen molar-refractivity contribution in [2.24, 2.45) is 11.8 Å². The van der Waals surface area contributed by atoms with Gasteiger partial charge in [-0.05, 0) is 24.3 Å². The molecular formula is C21H32NO2+. The lowest BCUT2D eigenvalue weighted by Gasteiger charge is -2.50. The van der Waals surface area contributed by atoms with Gasteiger partial charge in [-0.3, -0.25) is 0 Å². The molecule has 0 radical (unpaired) electrons. The fourth-order valence-electron chi connectivity index (χ4n) is 5.34. The molecule has 1 N–H and O–H groups in total. The van der Waals surface area contributed by atoms with Gasteiger partial charge >= 0.3 is 0 Å². The summed E-state index contributed by atoms with van der Waals surface area (Å²) in [5.74, 6) is 1.04. The quantitative estimate of drug-likeness (QED) is 0.839. The van der Waals surface area contributed by atoms with Crippen molar-refractivity contribution in [1.29, 1.82) is 0 Å². The standard InChI is InChI=1S/C21H32NO2/c1-22-13-11-17(12-14-22)20(15-22)24-16-21(23,19-9-5-6-10-19)18-7-3-2-4-8-18/h2-4,7-8,17,19-20,23H,5-6,9-16H2,1H3/q+1/t17?,20-,21+,22?/m0/s1. The van der Waals surface area contributed by atoms with E-state index >= 15 is 0 Å². The molecule has 0 spiro atoms. The molecule has 0 aromatic heterocycles. The molecule has 1 aliphatic carbocycles. The molecule has 2 bridgehead atoms. The van der Waals surface area contributed by atoms with Crippen molar-refractivity contribution < 1.29 is 14.3 Å². The van der Waals surface area contributed by atoms with Crippen LogP contribution in [0.15, 0.2) is 30.3 Å². The maximum Gasteiger partial charge on any atom is 0.116 e. The number of quaternary nitrogens is 1. The number of hydrogen-bond acceptors (Lipinski definition) is 2. The number of aliphatic hydroxyl groups is 1. The Hall–Kier alpha value is -0.900. The van der Waals surface area contributed by atoms with Crippen LogP contribution in [0.2, 0.25) is 0 Å². The van der Waals surface area contributed by atoms with Gasteiger partial charge in [-0.15, -0.1) is 0 Å². The Morgan fingerprint density at radius 3 is 2.38 bits per heavy atom. The first kappa shape index (κ1) is 16.6. The van der Waals surface area contributed by atoms with Crippen molar-refractivity contribution in [1.82, 2.24) is 0 Å². The highest BCUT2D eigenvalue weighted by molar-refractivity contribution is 5.24. The zero-order valence-corrected chi connectivity index (χ0v) is 15.0. The van der Waals surface area contributed by atoms with E-state index in [0.717, 1.165) is 29.4 Å². The van der Waals surface area contributed by atoms with Crippen molar-refractivity contribution >= 4 is 0 Å². The highest BCUT2D eigenvalue weighted by Crippen LogP contribution is 2.42. The second kappa shape index (κ2) is 6.44. The number of fused-ring (bicyclic) bond motifs is 3. The van der Waals surface area contributed by atoms with E-state index < -0.39 is 5.60 Å². The summed E-state index contributed by atoms with van der Waals surface area (Å²) >= 11 is 0. The van der Waals surface area contributed by atoms with Crippen LogP contribution >= 0.6 is 0 Å². The van der Waals surface area contributed by atoms with Gasteiger partial charge in [-0.25, -0.2) is 0 Å². The van der Waals surface area contributed by atoms with Crippen LogP contribution < -0.4 is 0 Å². The van der Waals surface area contributed by atoms with Gasteiger partial charge in [0.25, 0.3) is 0 Å². The first-order chi connectivity index (χ1) is 11.6. The van der Waals surface area contributed by atoms with Crippen LogP contribution in [0.5, 0.6) is 0 Å². The van der Waals surface area contributed by atoms with Crippen LogP contribution in [-0.2, 0) is 10.3 Å². The first-order valence-electron chi connectivity index (χ1n) is 9.82. The predicted molar refractivity (Wildman–Crippen MR) is 95.5 cm³/mol. The summed E-state index contributed by atoms with van der Waals surface area (Å²) in [6.07, 6.45) is 7.62. The molecule has 3 heterocycles. The molecule has 24 heavy (non-hydrogen) atoms. The Morgan fingerprint density at radius 2 is 1.75 bits per heavy atom. The van der Waals surface area contributed by atoms with Crippen LogP contribution in [0.25, 0.3) is 0 Å². The van der Waals surface area contributed by atoms with Gasteiger partial charge < -0.3 is 14.3 Å². The second-order valence-corrected chi connectivity index (χ2v) is 8.71. The average molecular weight is 330 g/mol. The van der Waals surface area contributed by atoms with E-state index in [1.807, 2.05) is 18.2 Å². The minimum Gasteiger partial charge on any atom is -0.382 e. The summed E-state index contributed by atoms with van der Waals surface area (Å²) in [6, 6.07) is 10.3. The van der Waals surface area contributed by atoms with Gasteiger partial charge in [-0.2, -0.15) is 0 Å². The minimum atomic E-state index is -0.817. The van der Waals surface area contributed by atoms with E-state index in [-0.39, 0.29) is 0 Å². The van der Waals surface area contributed by atoms with Crippen LogP contribution in [0.1, 0.15) is 44.1 Å². The van der Waals surface area contributed by atoms with E-state index in [1.54, 1.807) is 0 Å². The molecule has 3 heteroatoms. The molecule has 1 saturated carbocycles. The number of ether oxygens (including phenoxy) is 1. The number of nitrogens with zero attached hydrogens (tertiary/aromatic N) is 1. The van der Waals surface area contributed by atoms with E-state index in [4.69, 9.17) is 4.74 Å². The first-order valence-corrected chi connectivity index (χ1v) is 9.82. The van der Waals surface area contributed by atoms with Crippen LogP contribution in [0.3, 0.4) is 0 Å². The number of hydrogen-bond donors (Lipinski definition) is 1.